The van der Waals surface area contributed by atoms with E-state index in [1.807, 2.05) is 24.3 Å². The SMILES string of the molecule is CC1CN(Cc2ccccc2NC(=O)NCC(c2ccccc2)N2CCCC2)CC(C)O1. The molecule has 2 amide bonds. The van der Waals surface area contributed by atoms with E-state index < -0.39 is 0 Å². The number of carbonyl (C=O) groups is 1. The van der Waals surface area contributed by atoms with Gasteiger partial charge in [0.1, 0.15) is 0 Å². The molecule has 3 atom stereocenters. The lowest BCUT2D eigenvalue weighted by molar-refractivity contribution is -0.0704. The summed E-state index contributed by atoms with van der Waals surface area (Å²) in [5.74, 6) is 0. The van der Waals surface area contributed by atoms with Gasteiger partial charge in [-0.2, -0.15) is 0 Å². The predicted molar refractivity (Wildman–Crippen MR) is 129 cm³/mol. The number of para-hydroxylation sites is 1. The summed E-state index contributed by atoms with van der Waals surface area (Å²) >= 11 is 0. The second-order valence-electron chi connectivity index (χ2n) is 9.11. The summed E-state index contributed by atoms with van der Waals surface area (Å²) in [5, 5.41) is 6.22. The van der Waals surface area contributed by atoms with Crippen molar-refractivity contribution in [3.63, 3.8) is 0 Å². The van der Waals surface area contributed by atoms with Crippen LogP contribution in [-0.4, -0.2) is 60.8 Å². The molecular weight excluding hydrogens is 400 g/mol. The molecule has 0 aliphatic carbocycles. The van der Waals surface area contributed by atoms with Crippen LogP contribution >= 0.6 is 0 Å². The third-order valence-corrected chi connectivity index (χ3v) is 6.38. The first kappa shape index (κ1) is 22.8. The standard InChI is InChI=1S/C26H36N4O2/c1-20-17-29(18-21(2)32-20)19-23-12-6-7-13-24(23)28-26(31)27-16-25(30-14-8-9-15-30)22-10-4-3-5-11-22/h3-7,10-13,20-21,25H,8-9,14-19H2,1-2H3,(H2,27,28,31). The average Bonchev–Trinajstić information content (AvgIpc) is 3.30. The van der Waals surface area contributed by atoms with E-state index >= 15 is 0 Å². The first-order valence-corrected chi connectivity index (χ1v) is 11.9. The molecule has 2 aromatic carbocycles. The lowest BCUT2D eigenvalue weighted by atomic mass is 10.1. The van der Waals surface area contributed by atoms with Crippen LogP contribution in [0.5, 0.6) is 0 Å². The number of benzene rings is 2. The molecule has 32 heavy (non-hydrogen) atoms. The van der Waals surface area contributed by atoms with Crippen LogP contribution in [0.2, 0.25) is 0 Å². The molecule has 6 nitrogen and oxygen atoms in total. The average molecular weight is 437 g/mol. The summed E-state index contributed by atoms with van der Waals surface area (Å²) in [5.41, 5.74) is 3.25. The smallest absolute Gasteiger partial charge is 0.319 e. The van der Waals surface area contributed by atoms with E-state index in [4.69, 9.17) is 4.74 Å². The van der Waals surface area contributed by atoms with Crippen molar-refractivity contribution < 1.29 is 9.53 Å². The highest BCUT2D eigenvalue weighted by molar-refractivity contribution is 5.90. The van der Waals surface area contributed by atoms with Crippen molar-refractivity contribution in [2.75, 3.05) is 38.0 Å². The van der Waals surface area contributed by atoms with E-state index in [0.717, 1.165) is 44.0 Å². The van der Waals surface area contributed by atoms with Crippen LogP contribution in [0, 0.1) is 0 Å². The van der Waals surface area contributed by atoms with E-state index in [-0.39, 0.29) is 24.3 Å². The molecule has 4 rings (SSSR count). The Hall–Kier alpha value is -2.41. The number of ether oxygens (including phenoxy) is 1. The molecule has 2 N–H and O–H groups in total. The molecule has 2 aliphatic rings. The molecule has 6 heteroatoms. The first-order valence-electron chi connectivity index (χ1n) is 11.9. The van der Waals surface area contributed by atoms with Gasteiger partial charge in [0.2, 0.25) is 0 Å². The van der Waals surface area contributed by atoms with Gasteiger partial charge in [0.05, 0.1) is 18.2 Å². The monoisotopic (exact) mass is 436 g/mol. The van der Waals surface area contributed by atoms with Crippen LogP contribution in [0.3, 0.4) is 0 Å². The minimum atomic E-state index is -0.152. The maximum atomic E-state index is 12.8. The van der Waals surface area contributed by atoms with Crippen LogP contribution in [0.25, 0.3) is 0 Å². The van der Waals surface area contributed by atoms with Crippen LogP contribution in [0.1, 0.15) is 43.9 Å². The van der Waals surface area contributed by atoms with Crippen LogP contribution in [-0.2, 0) is 11.3 Å². The second-order valence-corrected chi connectivity index (χ2v) is 9.11. The van der Waals surface area contributed by atoms with Crippen molar-refractivity contribution in [3.05, 3.63) is 65.7 Å². The summed E-state index contributed by atoms with van der Waals surface area (Å²) < 4.78 is 5.86. The highest BCUT2D eigenvalue weighted by Crippen LogP contribution is 2.25. The molecule has 0 saturated carbocycles. The fourth-order valence-electron chi connectivity index (χ4n) is 4.98. The fourth-order valence-corrected chi connectivity index (χ4v) is 4.98. The van der Waals surface area contributed by atoms with E-state index in [1.54, 1.807) is 0 Å². The third kappa shape index (κ3) is 6.09. The summed E-state index contributed by atoms with van der Waals surface area (Å²) in [6, 6.07) is 18.6. The number of urea groups is 1. The zero-order valence-electron chi connectivity index (χ0n) is 19.3. The van der Waals surface area contributed by atoms with E-state index in [0.29, 0.717) is 6.54 Å². The van der Waals surface area contributed by atoms with Gasteiger partial charge < -0.3 is 15.4 Å². The maximum absolute atomic E-state index is 12.8. The van der Waals surface area contributed by atoms with Gasteiger partial charge in [0.25, 0.3) is 0 Å². The van der Waals surface area contributed by atoms with Gasteiger partial charge in [-0.15, -0.1) is 0 Å². The number of rotatable bonds is 7. The largest absolute Gasteiger partial charge is 0.373 e. The van der Waals surface area contributed by atoms with Gasteiger partial charge in [0.15, 0.2) is 0 Å². The Morgan fingerprint density at radius 2 is 1.66 bits per heavy atom. The lowest BCUT2D eigenvalue weighted by Gasteiger charge is -2.35. The Labute approximate surface area is 191 Å². The number of hydrogen-bond acceptors (Lipinski definition) is 4. The molecule has 0 aromatic heterocycles. The minimum absolute atomic E-state index is 0.152. The van der Waals surface area contributed by atoms with Crippen LogP contribution in [0.4, 0.5) is 10.5 Å². The zero-order chi connectivity index (χ0) is 22.3. The normalized spacial score (nSPS) is 23.1. The number of nitrogens with zero attached hydrogens (tertiary/aromatic N) is 2. The summed E-state index contributed by atoms with van der Waals surface area (Å²) in [6.45, 7) is 9.60. The van der Waals surface area contributed by atoms with Crippen molar-refractivity contribution in [1.29, 1.82) is 0 Å². The van der Waals surface area contributed by atoms with Gasteiger partial charge in [-0.1, -0.05) is 48.5 Å². The molecule has 2 aliphatic heterocycles. The Balaban J connectivity index is 1.37. The number of likely N-dealkylation sites (tertiary alicyclic amines) is 1. The van der Waals surface area contributed by atoms with Crippen LogP contribution < -0.4 is 10.6 Å². The van der Waals surface area contributed by atoms with Gasteiger partial charge in [-0.25, -0.2) is 4.79 Å². The number of nitrogens with one attached hydrogen (secondary N) is 2. The number of hydrogen-bond donors (Lipinski definition) is 2. The molecule has 172 valence electrons. The molecule has 2 heterocycles. The Morgan fingerprint density at radius 3 is 2.38 bits per heavy atom. The zero-order valence-corrected chi connectivity index (χ0v) is 19.3. The van der Waals surface area contributed by atoms with E-state index in [9.17, 15) is 4.79 Å². The molecule has 2 saturated heterocycles. The Morgan fingerprint density at radius 1 is 1.00 bits per heavy atom. The molecule has 2 fully saturated rings. The lowest BCUT2D eigenvalue weighted by Crippen LogP contribution is -2.45. The summed E-state index contributed by atoms with van der Waals surface area (Å²) in [4.78, 5) is 17.7. The molecule has 0 spiro atoms. The van der Waals surface area contributed by atoms with Crippen molar-refractivity contribution in [2.24, 2.45) is 0 Å². The number of anilines is 1. The molecule has 0 bridgehead atoms. The predicted octanol–water partition coefficient (Wildman–Crippen LogP) is 4.25. The molecule has 3 unspecified atom stereocenters. The van der Waals surface area contributed by atoms with Crippen molar-refractivity contribution >= 4 is 11.7 Å². The number of amides is 2. The minimum Gasteiger partial charge on any atom is -0.373 e. The Bertz CT molecular complexity index is 859. The van der Waals surface area contributed by atoms with Gasteiger partial charge in [-0.05, 0) is 57.0 Å². The quantitative estimate of drug-likeness (QED) is 0.681. The van der Waals surface area contributed by atoms with E-state index in [1.165, 1.54) is 18.4 Å². The highest BCUT2D eigenvalue weighted by Gasteiger charge is 2.25. The summed E-state index contributed by atoms with van der Waals surface area (Å²) in [7, 11) is 0. The third-order valence-electron chi connectivity index (χ3n) is 6.38. The highest BCUT2D eigenvalue weighted by atomic mass is 16.5. The fraction of sp³-hybridized carbons (Fsp3) is 0.500. The Kier molecular flexibility index (Phi) is 7.79. The molecule has 2 aromatic rings. The summed E-state index contributed by atoms with van der Waals surface area (Å²) in [6.07, 6.45) is 2.90. The number of carbonyl (C=O) groups excluding carboxylic acids is 1. The number of morpholine rings is 1. The van der Waals surface area contributed by atoms with Crippen molar-refractivity contribution in [3.8, 4) is 0 Å². The van der Waals surface area contributed by atoms with Crippen LogP contribution in [0.15, 0.2) is 54.6 Å². The van der Waals surface area contributed by atoms with Gasteiger partial charge in [0, 0.05) is 31.9 Å². The van der Waals surface area contributed by atoms with E-state index in [2.05, 4.69) is 64.6 Å². The van der Waals surface area contributed by atoms with Gasteiger partial charge >= 0.3 is 6.03 Å². The maximum Gasteiger partial charge on any atom is 0.319 e. The topological polar surface area (TPSA) is 56.8 Å². The molecule has 0 radical (unpaired) electrons. The van der Waals surface area contributed by atoms with Gasteiger partial charge in [-0.3, -0.25) is 9.80 Å². The van der Waals surface area contributed by atoms with Crippen molar-refractivity contribution in [2.45, 2.75) is 51.5 Å². The first-order chi connectivity index (χ1) is 15.6. The molecular formula is C26H36N4O2. The second kappa shape index (κ2) is 10.9. The van der Waals surface area contributed by atoms with Crippen molar-refractivity contribution in [1.82, 2.24) is 15.1 Å².